The number of carbonyl (C=O) groups is 3. The lowest BCUT2D eigenvalue weighted by Crippen LogP contribution is -2.58. The Labute approximate surface area is 223 Å². The van der Waals surface area contributed by atoms with Crippen LogP contribution in [0.25, 0.3) is 0 Å². The quantitative estimate of drug-likeness (QED) is 0.381. The summed E-state index contributed by atoms with van der Waals surface area (Å²) in [5.74, 6) is -2.19. The predicted molar refractivity (Wildman–Crippen MR) is 140 cm³/mol. The molecule has 5 rings (SSSR count). The summed E-state index contributed by atoms with van der Waals surface area (Å²) in [6, 6.07) is -1.31. The van der Waals surface area contributed by atoms with Gasteiger partial charge >= 0.3 is 5.97 Å². The normalized spacial score (nSPS) is 37.5. The van der Waals surface area contributed by atoms with Crippen molar-refractivity contribution in [2.75, 3.05) is 59.2 Å². The first-order valence-electron chi connectivity index (χ1n) is 13.5. The number of thioether (sulfide) groups is 1. The Balaban J connectivity index is 1.55. The Kier molecular flexibility index (Phi) is 7.48. The molecule has 37 heavy (non-hydrogen) atoms. The van der Waals surface area contributed by atoms with Gasteiger partial charge in [-0.3, -0.25) is 19.3 Å². The molecular weight excluding hydrogens is 494 g/mol. The zero-order valence-electron chi connectivity index (χ0n) is 22.0. The summed E-state index contributed by atoms with van der Waals surface area (Å²) in [7, 11) is 0. The molecule has 0 radical (unpaired) electrons. The Morgan fingerprint density at radius 2 is 1.86 bits per heavy atom. The number of nitrogens with zero attached hydrogens (tertiary/aromatic N) is 3. The topological polar surface area (TPSA) is 99.6 Å². The summed E-state index contributed by atoms with van der Waals surface area (Å²) < 4.78 is 9.37. The van der Waals surface area contributed by atoms with E-state index in [1.807, 2.05) is 50.0 Å². The van der Waals surface area contributed by atoms with Crippen molar-refractivity contribution >= 4 is 29.5 Å². The highest BCUT2D eigenvalue weighted by Gasteiger charge is 2.74. The molecule has 10 heteroatoms. The van der Waals surface area contributed by atoms with Crippen LogP contribution in [0.1, 0.15) is 27.2 Å². The Morgan fingerprint density at radius 3 is 2.57 bits per heavy atom. The minimum Gasteiger partial charge on any atom is -0.461 e. The average molecular weight is 534 g/mol. The fourth-order valence-electron chi connectivity index (χ4n) is 6.80. The number of aliphatic hydroxyl groups is 1. The van der Waals surface area contributed by atoms with E-state index in [9.17, 15) is 19.5 Å². The number of fused-ring (bicyclic) bond motifs is 2. The van der Waals surface area contributed by atoms with Crippen molar-refractivity contribution in [3.05, 3.63) is 24.3 Å². The molecule has 9 nitrogen and oxygen atoms in total. The van der Waals surface area contributed by atoms with Gasteiger partial charge in [-0.2, -0.15) is 0 Å². The molecule has 0 aromatic heterocycles. The van der Waals surface area contributed by atoms with Crippen LogP contribution >= 0.6 is 11.8 Å². The van der Waals surface area contributed by atoms with Crippen LogP contribution in [-0.4, -0.2) is 118 Å². The van der Waals surface area contributed by atoms with E-state index < -0.39 is 39.4 Å². The molecule has 0 bridgehead atoms. The molecule has 0 aromatic rings. The number of rotatable bonds is 7. The van der Waals surface area contributed by atoms with E-state index in [0.29, 0.717) is 26.3 Å². The van der Waals surface area contributed by atoms with Gasteiger partial charge in [0.25, 0.3) is 0 Å². The molecule has 5 heterocycles. The van der Waals surface area contributed by atoms with Crippen LogP contribution in [0, 0.1) is 17.8 Å². The SMILES string of the molecule is CC[C@H](C)[C@H](CO)N1C(=O)[C@@H]2[C@H]3C(=O)OCC=C[C@@]3(C)S[C@@]23C=CCN(CCN2CCOCC2)C(=O)C13. The molecule has 0 aliphatic carbocycles. The van der Waals surface area contributed by atoms with Crippen molar-refractivity contribution in [2.45, 2.75) is 48.8 Å². The van der Waals surface area contributed by atoms with Gasteiger partial charge in [-0.25, -0.2) is 0 Å². The van der Waals surface area contributed by atoms with Crippen molar-refractivity contribution in [1.82, 2.24) is 14.7 Å². The number of hydrogen-bond donors (Lipinski definition) is 1. The summed E-state index contributed by atoms with van der Waals surface area (Å²) in [5, 5.41) is 10.5. The highest BCUT2D eigenvalue weighted by molar-refractivity contribution is 8.02. The van der Waals surface area contributed by atoms with Gasteiger partial charge in [-0.1, -0.05) is 38.5 Å². The van der Waals surface area contributed by atoms with Gasteiger partial charge in [-0.05, 0) is 18.9 Å². The minimum absolute atomic E-state index is 0.0102. The molecule has 5 aliphatic heterocycles. The summed E-state index contributed by atoms with van der Waals surface area (Å²) in [5.41, 5.74) is 0. The van der Waals surface area contributed by atoms with Crippen LogP contribution in [0.5, 0.6) is 0 Å². The lowest BCUT2D eigenvalue weighted by Gasteiger charge is -2.41. The van der Waals surface area contributed by atoms with E-state index in [1.165, 1.54) is 0 Å². The van der Waals surface area contributed by atoms with Crippen molar-refractivity contribution in [2.24, 2.45) is 17.8 Å². The van der Waals surface area contributed by atoms with E-state index in [4.69, 9.17) is 9.47 Å². The molecule has 0 saturated carbocycles. The molecule has 1 unspecified atom stereocenters. The van der Waals surface area contributed by atoms with E-state index in [1.54, 1.807) is 16.7 Å². The third-order valence-corrected chi connectivity index (χ3v) is 10.8. The third-order valence-electron chi connectivity index (χ3n) is 8.97. The fourth-order valence-corrected chi connectivity index (χ4v) is 8.94. The molecule has 1 N–H and O–H groups in total. The van der Waals surface area contributed by atoms with Gasteiger partial charge in [0.2, 0.25) is 11.8 Å². The van der Waals surface area contributed by atoms with Crippen LogP contribution in [0.15, 0.2) is 24.3 Å². The Hall–Kier alpha value is -1.88. The number of amides is 2. The first-order chi connectivity index (χ1) is 17.8. The molecule has 3 fully saturated rings. The summed E-state index contributed by atoms with van der Waals surface area (Å²) >= 11 is 1.54. The van der Waals surface area contributed by atoms with Gasteiger partial charge in [0.05, 0.1) is 42.4 Å². The Bertz CT molecular complexity index is 983. The minimum atomic E-state index is -0.914. The zero-order chi connectivity index (χ0) is 26.4. The summed E-state index contributed by atoms with van der Waals surface area (Å²) in [6.07, 6.45) is 8.58. The number of aliphatic hydroxyl groups excluding tert-OH is 1. The van der Waals surface area contributed by atoms with Crippen LogP contribution in [0.2, 0.25) is 0 Å². The predicted octanol–water partition coefficient (Wildman–Crippen LogP) is 0.925. The number of cyclic esters (lactones) is 1. The second-order valence-electron chi connectivity index (χ2n) is 11.1. The molecule has 0 aromatic carbocycles. The third kappa shape index (κ3) is 4.33. The van der Waals surface area contributed by atoms with Crippen molar-refractivity contribution in [3.8, 4) is 0 Å². The van der Waals surface area contributed by atoms with Crippen LogP contribution in [0.4, 0.5) is 0 Å². The molecule has 5 aliphatic rings. The number of carbonyl (C=O) groups excluding carboxylic acids is 3. The first-order valence-corrected chi connectivity index (χ1v) is 14.3. The van der Waals surface area contributed by atoms with Gasteiger partial charge < -0.3 is 24.4 Å². The van der Waals surface area contributed by atoms with Crippen molar-refractivity contribution in [1.29, 1.82) is 0 Å². The van der Waals surface area contributed by atoms with E-state index in [2.05, 4.69) is 4.90 Å². The number of esters is 1. The maximum atomic E-state index is 14.4. The van der Waals surface area contributed by atoms with E-state index in [0.717, 1.165) is 26.1 Å². The number of ether oxygens (including phenoxy) is 2. The standard InChI is InChI=1S/C27H39N3O6S/c1-4-18(2)19(17-31)30-22-24(33)29(11-10-28-12-15-35-16-13-28)9-5-8-27(22)20(23(30)32)21-25(34)36-14-6-7-26(21,3)37-27/h5-8,18-22,31H,4,9-17H2,1-3H3/t18-,19-,20-,21-,22?,26+,27-/m0/s1. The molecule has 2 amide bonds. The number of hydrogen-bond acceptors (Lipinski definition) is 8. The first kappa shape index (κ1) is 26.7. The summed E-state index contributed by atoms with van der Waals surface area (Å²) in [4.78, 5) is 47.8. The lowest BCUT2D eigenvalue weighted by molar-refractivity contribution is -0.153. The Morgan fingerprint density at radius 1 is 1.11 bits per heavy atom. The monoisotopic (exact) mass is 533 g/mol. The maximum absolute atomic E-state index is 14.4. The van der Waals surface area contributed by atoms with E-state index in [-0.39, 0.29) is 30.9 Å². The smallest absolute Gasteiger partial charge is 0.311 e. The van der Waals surface area contributed by atoms with Crippen LogP contribution in [0.3, 0.4) is 0 Å². The fraction of sp³-hybridized carbons (Fsp3) is 0.741. The average Bonchev–Trinajstić information content (AvgIpc) is 3.15. The zero-order valence-corrected chi connectivity index (χ0v) is 22.8. The molecule has 1 spiro atoms. The van der Waals surface area contributed by atoms with Crippen molar-refractivity contribution in [3.63, 3.8) is 0 Å². The molecule has 204 valence electrons. The van der Waals surface area contributed by atoms with E-state index >= 15 is 0 Å². The van der Waals surface area contributed by atoms with Gasteiger partial charge in [0.15, 0.2) is 0 Å². The molecule has 7 atom stereocenters. The van der Waals surface area contributed by atoms with Gasteiger partial charge in [0.1, 0.15) is 12.6 Å². The second-order valence-corrected chi connectivity index (χ2v) is 12.8. The van der Waals surface area contributed by atoms with Gasteiger partial charge in [0, 0.05) is 37.5 Å². The van der Waals surface area contributed by atoms with Crippen LogP contribution < -0.4 is 0 Å². The highest BCUT2D eigenvalue weighted by atomic mass is 32.2. The number of likely N-dealkylation sites (tertiary alicyclic amines) is 1. The number of morpholine rings is 1. The molecular formula is C27H39N3O6S. The highest BCUT2D eigenvalue weighted by Crippen LogP contribution is 2.65. The van der Waals surface area contributed by atoms with Crippen molar-refractivity contribution < 1.29 is 29.0 Å². The second kappa shape index (κ2) is 10.4. The summed E-state index contributed by atoms with van der Waals surface area (Å²) in [6.45, 7) is 10.7. The maximum Gasteiger partial charge on any atom is 0.311 e. The lowest BCUT2D eigenvalue weighted by atomic mass is 9.75. The van der Waals surface area contributed by atoms with Crippen LogP contribution in [-0.2, 0) is 23.9 Å². The molecule has 3 saturated heterocycles. The largest absolute Gasteiger partial charge is 0.461 e. The van der Waals surface area contributed by atoms with Gasteiger partial charge in [-0.15, -0.1) is 11.8 Å².